The Labute approximate surface area is 112 Å². The zero-order chi connectivity index (χ0) is 12.8. The molecule has 0 heterocycles. The monoisotopic (exact) mass is 245 g/mol. The molecule has 0 aliphatic heterocycles. The van der Waals surface area contributed by atoms with Crippen molar-refractivity contribution in [3.63, 3.8) is 0 Å². The topological polar surface area (TPSA) is 12.0 Å². The maximum atomic E-state index is 3.43. The number of fused-ring (bicyclic) bond motifs is 1. The minimum Gasteiger partial charge on any atom is -0.317 e. The number of nitrogens with one attached hydrogen (secondary N) is 1. The van der Waals surface area contributed by atoms with E-state index in [1.54, 1.807) is 16.7 Å². The average molecular weight is 245 g/mol. The number of hydrogen-bond acceptors (Lipinski definition) is 1. The Kier molecular flexibility index (Phi) is 5.25. The Morgan fingerprint density at radius 3 is 2.78 bits per heavy atom. The fraction of sp³-hybridized carbons (Fsp3) is 0.647. The molecule has 0 radical (unpaired) electrons. The highest BCUT2D eigenvalue weighted by atomic mass is 14.9. The molecule has 2 rings (SSSR count). The van der Waals surface area contributed by atoms with Gasteiger partial charge in [0.05, 0.1) is 0 Å². The SMILES string of the molecule is CCCC(CCCc1ccc2c(c1)CCC2)NC. The first-order valence-corrected chi connectivity index (χ1v) is 7.61. The molecule has 0 saturated heterocycles. The normalized spacial score (nSPS) is 15.7. The van der Waals surface area contributed by atoms with Gasteiger partial charge in [-0.2, -0.15) is 0 Å². The fourth-order valence-corrected chi connectivity index (χ4v) is 3.11. The van der Waals surface area contributed by atoms with Gasteiger partial charge < -0.3 is 5.32 Å². The van der Waals surface area contributed by atoms with Gasteiger partial charge >= 0.3 is 0 Å². The van der Waals surface area contributed by atoms with Crippen molar-refractivity contribution >= 4 is 0 Å². The molecule has 0 spiro atoms. The maximum absolute atomic E-state index is 3.43. The Morgan fingerprint density at radius 1 is 1.17 bits per heavy atom. The van der Waals surface area contributed by atoms with Gasteiger partial charge in [0.1, 0.15) is 0 Å². The highest BCUT2D eigenvalue weighted by molar-refractivity contribution is 5.35. The minimum atomic E-state index is 0.712. The van der Waals surface area contributed by atoms with E-state index in [1.807, 2.05) is 0 Å². The van der Waals surface area contributed by atoms with Crippen molar-refractivity contribution in [2.45, 2.75) is 64.3 Å². The quantitative estimate of drug-likeness (QED) is 0.768. The van der Waals surface area contributed by atoms with Crippen LogP contribution in [0.4, 0.5) is 0 Å². The van der Waals surface area contributed by atoms with Crippen LogP contribution in [-0.4, -0.2) is 13.1 Å². The molecule has 100 valence electrons. The van der Waals surface area contributed by atoms with Gasteiger partial charge in [0.15, 0.2) is 0 Å². The first-order chi connectivity index (χ1) is 8.83. The molecule has 1 unspecified atom stereocenters. The van der Waals surface area contributed by atoms with Gasteiger partial charge in [-0.3, -0.25) is 0 Å². The molecule has 1 heteroatoms. The molecule has 0 bridgehead atoms. The highest BCUT2D eigenvalue weighted by Crippen LogP contribution is 2.23. The molecule has 1 aliphatic carbocycles. The minimum absolute atomic E-state index is 0.712. The van der Waals surface area contributed by atoms with Crippen LogP contribution in [0, 0.1) is 0 Å². The van der Waals surface area contributed by atoms with Crippen molar-refractivity contribution in [1.29, 1.82) is 0 Å². The summed E-state index contributed by atoms with van der Waals surface area (Å²) in [6, 6.07) is 7.87. The van der Waals surface area contributed by atoms with E-state index in [9.17, 15) is 0 Å². The molecule has 1 atom stereocenters. The zero-order valence-electron chi connectivity index (χ0n) is 12.0. The summed E-state index contributed by atoms with van der Waals surface area (Å²) in [5, 5.41) is 3.43. The van der Waals surface area contributed by atoms with E-state index >= 15 is 0 Å². The second kappa shape index (κ2) is 6.94. The molecule has 1 aromatic rings. The summed E-state index contributed by atoms with van der Waals surface area (Å²) in [6.07, 6.45) is 10.4. The van der Waals surface area contributed by atoms with Gasteiger partial charge in [0.25, 0.3) is 0 Å². The van der Waals surface area contributed by atoms with Crippen LogP contribution in [-0.2, 0) is 19.3 Å². The molecule has 1 aliphatic rings. The van der Waals surface area contributed by atoms with E-state index in [-0.39, 0.29) is 0 Å². The van der Waals surface area contributed by atoms with Crippen molar-refractivity contribution in [1.82, 2.24) is 5.32 Å². The third kappa shape index (κ3) is 3.58. The summed E-state index contributed by atoms with van der Waals surface area (Å²) in [5.74, 6) is 0. The van der Waals surface area contributed by atoms with E-state index in [0.29, 0.717) is 6.04 Å². The van der Waals surface area contributed by atoms with Crippen LogP contribution in [0.2, 0.25) is 0 Å². The second-order valence-corrected chi connectivity index (χ2v) is 5.62. The van der Waals surface area contributed by atoms with Gasteiger partial charge in [0, 0.05) is 6.04 Å². The lowest BCUT2D eigenvalue weighted by Gasteiger charge is -2.15. The highest BCUT2D eigenvalue weighted by Gasteiger charge is 2.11. The van der Waals surface area contributed by atoms with Crippen LogP contribution < -0.4 is 5.32 Å². The number of rotatable bonds is 7. The zero-order valence-corrected chi connectivity index (χ0v) is 12.0. The van der Waals surface area contributed by atoms with Gasteiger partial charge in [0.2, 0.25) is 0 Å². The second-order valence-electron chi connectivity index (χ2n) is 5.62. The smallest absolute Gasteiger partial charge is 0.00640 e. The summed E-state index contributed by atoms with van der Waals surface area (Å²) in [4.78, 5) is 0. The van der Waals surface area contributed by atoms with Crippen LogP contribution in [0.25, 0.3) is 0 Å². The molecule has 0 amide bonds. The number of benzene rings is 1. The molecular formula is C17H27N. The molecule has 1 nitrogen and oxygen atoms in total. The van der Waals surface area contributed by atoms with Crippen LogP contribution in [0.15, 0.2) is 18.2 Å². The van der Waals surface area contributed by atoms with Crippen molar-refractivity contribution in [3.8, 4) is 0 Å². The molecule has 1 N–H and O–H groups in total. The van der Waals surface area contributed by atoms with Crippen molar-refractivity contribution < 1.29 is 0 Å². The van der Waals surface area contributed by atoms with Gasteiger partial charge in [-0.05, 0) is 68.7 Å². The Morgan fingerprint density at radius 2 is 2.00 bits per heavy atom. The fourth-order valence-electron chi connectivity index (χ4n) is 3.11. The van der Waals surface area contributed by atoms with Crippen LogP contribution in [0.5, 0.6) is 0 Å². The molecule has 18 heavy (non-hydrogen) atoms. The summed E-state index contributed by atoms with van der Waals surface area (Å²) >= 11 is 0. The summed E-state index contributed by atoms with van der Waals surface area (Å²) in [6.45, 7) is 2.27. The predicted molar refractivity (Wildman–Crippen MR) is 79.2 cm³/mol. The van der Waals surface area contributed by atoms with Crippen molar-refractivity contribution in [3.05, 3.63) is 34.9 Å². The van der Waals surface area contributed by atoms with E-state index in [0.717, 1.165) is 0 Å². The van der Waals surface area contributed by atoms with Crippen molar-refractivity contribution in [2.24, 2.45) is 0 Å². The standard InChI is InChI=1S/C17H27N/c1-3-6-17(18-2)10-4-7-14-11-12-15-8-5-9-16(15)13-14/h11-13,17-18H,3-10H2,1-2H3. The van der Waals surface area contributed by atoms with Gasteiger partial charge in [-0.25, -0.2) is 0 Å². The maximum Gasteiger partial charge on any atom is 0.00640 e. The third-order valence-corrected chi connectivity index (χ3v) is 4.23. The first kappa shape index (κ1) is 13.6. The van der Waals surface area contributed by atoms with E-state index in [2.05, 4.69) is 37.5 Å². The lowest BCUT2D eigenvalue weighted by Crippen LogP contribution is -2.24. The molecule has 0 saturated carbocycles. The van der Waals surface area contributed by atoms with Crippen molar-refractivity contribution in [2.75, 3.05) is 7.05 Å². The van der Waals surface area contributed by atoms with E-state index < -0.39 is 0 Å². The lowest BCUT2D eigenvalue weighted by molar-refractivity contribution is 0.469. The molecular weight excluding hydrogens is 218 g/mol. The third-order valence-electron chi connectivity index (χ3n) is 4.23. The predicted octanol–water partition coefficient (Wildman–Crippen LogP) is 3.89. The molecule has 0 aromatic heterocycles. The Balaban J connectivity index is 1.79. The largest absolute Gasteiger partial charge is 0.317 e. The van der Waals surface area contributed by atoms with Crippen LogP contribution in [0.3, 0.4) is 0 Å². The first-order valence-electron chi connectivity index (χ1n) is 7.61. The number of aryl methyl sites for hydroxylation is 3. The number of hydrogen-bond donors (Lipinski definition) is 1. The summed E-state index contributed by atoms with van der Waals surface area (Å²) in [7, 11) is 2.09. The van der Waals surface area contributed by atoms with E-state index in [1.165, 1.54) is 51.4 Å². The Bertz CT molecular complexity index is 370. The van der Waals surface area contributed by atoms with E-state index in [4.69, 9.17) is 0 Å². The summed E-state index contributed by atoms with van der Waals surface area (Å²) in [5.41, 5.74) is 4.76. The molecule has 0 fully saturated rings. The van der Waals surface area contributed by atoms with Gasteiger partial charge in [-0.15, -0.1) is 0 Å². The van der Waals surface area contributed by atoms with Crippen LogP contribution >= 0.6 is 0 Å². The van der Waals surface area contributed by atoms with Crippen LogP contribution in [0.1, 0.15) is 55.7 Å². The summed E-state index contributed by atoms with van der Waals surface area (Å²) < 4.78 is 0. The van der Waals surface area contributed by atoms with Gasteiger partial charge in [-0.1, -0.05) is 31.5 Å². The lowest BCUT2D eigenvalue weighted by atomic mass is 9.99. The molecule has 1 aromatic carbocycles. The Hall–Kier alpha value is -0.820. The average Bonchev–Trinajstić information content (AvgIpc) is 2.85.